The highest BCUT2D eigenvalue weighted by atomic mass is 16.3. The largest absolute Gasteiger partial charge is 0.390 e. The molecule has 3 heteroatoms. The summed E-state index contributed by atoms with van der Waals surface area (Å²) in [6, 6.07) is 11.8. The van der Waals surface area contributed by atoms with Crippen LogP contribution in [-0.2, 0) is 6.61 Å². The lowest BCUT2D eigenvalue weighted by atomic mass is 10.3. The Bertz CT molecular complexity index is 420. The van der Waals surface area contributed by atoms with Crippen LogP contribution < -0.4 is 0 Å². The second kappa shape index (κ2) is 3.64. The van der Waals surface area contributed by atoms with Crippen molar-refractivity contribution in [3.8, 4) is 5.69 Å². The predicted octanol–water partition coefficient (Wildman–Crippen LogP) is 1.67. The minimum absolute atomic E-state index is 0.0132. The molecule has 1 heterocycles. The number of benzene rings is 1. The normalized spacial score (nSPS) is 10.4. The van der Waals surface area contributed by atoms with Crippen molar-refractivity contribution in [3.63, 3.8) is 0 Å². The van der Waals surface area contributed by atoms with Gasteiger partial charge in [0.2, 0.25) is 0 Å². The molecule has 0 saturated carbocycles. The van der Waals surface area contributed by atoms with E-state index in [9.17, 15) is 0 Å². The van der Waals surface area contributed by atoms with Crippen molar-refractivity contribution >= 4 is 0 Å². The highest BCUT2D eigenvalue weighted by Crippen LogP contribution is 2.11. The maximum Gasteiger partial charge on any atom is 0.0886 e. The van der Waals surface area contributed by atoms with Gasteiger partial charge in [0.1, 0.15) is 0 Å². The summed E-state index contributed by atoms with van der Waals surface area (Å²) >= 11 is 0. The summed E-state index contributed by atoms with van der Waals surface area (Å²) in [6.07, 6.45) is 0. The summed E-state index contributed by atoms with van der Waals surface area (Å²) in [7, 11) is 0. The van der Waals surface area contributed by atoms with Gasteiger partial charge in [-0.1, -0.05) is 18.2 Å². The van der Waals surface area contributed by atoms with Crippen LogP contribution in [0.2, 0.25) is 0 Å². The van der Waals surface area contributed by atoms with Gasteiger partial charge in [-0.2, -0.15) is 5.10 Å². The maximum atomic E-state index is 8.95. The van der Waals surface area contributed by atoms with Crippen LogP contribution in [0.5, 0.6) is 0 Å². The van der Waals surface area contributed by atoms with Gasteiger partial charge in [-0.05, 0) is 25.1 Å². The molecule has 0 aliphatic heterocycles. The van der Waals surface area contributed by atoms with E-state index < -0.39 is 0 Å². The Morgan fingerprint density at radius 2 is 2.00 bits per heavy atom. The van der Waals surface area contributed by atoms with Crippen molar-refractivity contribution in [2.24, 2.45) is 0 Å². The number of aryl methyl sites for hydroxylation is 1. The molecule has 72 valence electrons. The number of hydrogen-bond donors (Lipinski definition) is 1. The van der Waals surface area contributed by atoms with E-state index in [1.165, 1.54) is 0 Å². The summed E-state index contributed by atoms with van der Waals surface area (Å²) < 4.78 is 1.82. The number of aliphatic hydroxyl groups is 1. The first-order chi connectivity index (χ1) is 6.81. The molecule has 2 aromatic rings. The Morgan fingerprint density at radius 1 is 1.29 bits per heavy atom. The van der Waals surface area contributed by atoms with Gasteiger partial charge in [0.05, 0.1) is 18.0 Å². The summed E-state index contributed by atoms with van der Waals surface area (Å²) in [5.74, 6) is 0. The molecular formula is C11H12N2O. The number of nitrogens with zero attached hydrogens (tertiary/aromatic N) is 2. The molecule has 0 radical (unpaired) electrons. The molecule has 0 atom stereocenters. The first-order valence-corrected chi connectivity index (χ1v) is 4.53. The summed E-state index contributed by atoms with van der Waals surface area (Å²) in [6.45, 7) is 1.96. The van der Waals surface area contributed by atoms with Crippen LogP contribution in [-0.4, -0.2) is 14.9 Å². The van der Waals surface area contributed by atoms with Crippen LogP contribution in [0.4, 0.5) is 0 Å². The third kappa shape index (κ3) is 1.54. The van der Waals surface area contributed by atoms with Gasteiger partial charge in [-0.3, -0.25) is 0 Å². The van der Waals surface area contributed by atoms with Crippen LogP contribution in [0, 0.1) is 6.92 Å². The van der Waals surface area contributed by atoms with Crippen molar-refractivity contribution in [2.75, 3.05) is 0 Å². The van der Waals surface area contributed by atoms with Crippen molar-refractivity contribution < 1.29 is 5.11 Å². The number of aromatic nitrogens is 2. The zero-order valence-electron chi connectivity index (χ0n) is 8.01. The van der Waals surface area contributed by atoms with Gasteiger partial charge >= 0.3 is 0 Å². The first kappa shape index (κ1) is 8.97. The lowest BCUT2D eigenvalue weighted by molar-refractivity contribution is 0.276. The predicted molar refractivity (Wildman–Crippen MR) is 54.2 cm³/mol. The molecule has 0 spiro atoms. The van der Waals surface area contributed by atoms with Crippen molar-refractivity contribution in [3.05, 3.63) is 47.8 Å². The second-order valence-electron chi connectivity index (χ2n) is 3.18. The highest BCUT2D eigenvalue weighted by molar-refractivity contribution is 5.32. The van der Waals surface area contributed by atoms with Crippen LogP contribution in [0.15, 0.2) is 36.4 Å². The van der Waals surface area contributed by atoms with Crippen molar-refractivity contribution in [1.82, 2.24) is 9.78 Å². The number of hydrogen-bond acceptors (Lipinski definition) is 2. The molecule has 0 aliphatic rings. The van der Waals surface area contributed by atoms with E-state index in [-0.39, 0.29) is 6.61 Å². The molecule has 0 amide bonds. The minimum atomic E-state index is -0.0132. The molecule has 0 aliphatic carbocycles. The van der Waals surface area contributed by atoms with Crippen LogP contribution in [0.1, 0.15) is 11.4 Å². The molecular weight excluding hydrogens is 176 g/mol. The van der Waals surface area contributed by atoms with Gasteiger partial charge in [-0.15, -0.1) is 0 Å². The van der Waals surface area contributed by atoms with Gasteiger partial charge in [0, 0.05) is 5.69 Å². The molecule has 0 bridgehead atoms. The van der Waals surface area contributed by atoms with Gasteiger partial charge in [-0.25, -0.2) is 4.68 Å². The Labute approximate surface area is 82.6 Å². The molecule has 0 unspecified atom stereocenters. The standard InChI is InChI=1S/C11H12N2O/c1-9-7-10(8-14)12-13(9)11-5-3-2-4-6-11/h2-7,14H,8H2,1H3. The Balaban J connectivity index is 2.46. The van der Waals surface area contributed by atoms with Gasteiger partial charge < -0.3 is 5.11 Å². The Kier molecular flexibility index (Phi) is 2.33. The van der Waals surface area contributed by atoms with E-state index in [0.717, 1.165) is 11.4 Å². The summed E-state index contributed by atoms with van der Waals surface area (Å²) in [5, 5.41) is 13.2. The zero-order valence-corrected chi connectivity index (χ0v) is 8.01. The molecule has 0 fully saturated rings. The quantitative estimate of drug-likeness (QED) is 0.778. The van der Waals surface area contributed by atoms with E-state index in [2.05, 4.69) is 5.10 Å². The van der Waals surface area contributed by atoms with Crippen molar-refractivity contribution in [2.45, 2.75) is 13.5 Å². The number of para-hydroxylation sites is 1. The van der Waals surface area contributed by atoms with E-state index in [1.54, 1.807) is 0 Å². The maximum absolute atomic E-state index is 8.95. The SMILES string of the molecule is Cc1cc(CO)nn1-c1ccccc1. The third-order valence-corrected chi connectivity index (χ3v) is 2.10. The minimum Gasteiger partial charge on any atom is -0.390 e. The molecule has 2 rings (SSSR count). The average Bonchev–Trinajstić information content (AvgIpc) is 2.61. The fraction of sp³-hybridized carbons (Fsp3) is 0.182. The first-order valence-electron chi connectivity index (χ1n) is 4.53. The Morgan fingerprint density at radius 3 is 2.57 bits per heavy atom. The molecule has 1 N–H and O–H groups in total. The van der Waals surface area contributed by atoms with Crippen LogP contribution in [0.25, 0.3) is 5.69 Å². The smallest absolute Gasteiger partial charge is 0.0886 e. The van der Waals surface area contributed by atoms with E-state index in [1.807, 2.05) is 48.0 Å². The average molecular weight is 188 g/mol. The van der Waals surface area contributed by atoms with Gasteiger partial charge in [0.15, 0.2) is 0 Å². The molecule has 0 saturated heterocycles. The number of rotatable bonds is 2. The van der Waals surface area contributed by atoms with E-state index in [4.69, 9.17) is 5.11 Å². The summed E-state index contributed by atoms with van der Waals surface area (Å²) in [5.41, 5.74) is 2.75. The lowest BCUT2D eigenvalue weighted by Crippen LogP contribution is -1.98. The molecule has 1 aromatic carbocycles. The fourth-order valence-electron chi connectivity index (χ4n) is 1.45. The van der Waals surface area contributed by atoms with Gasteiger partial charge in [0.25, 0.3) is 0 Å². The highest BCUT2D eigenvalue weighted by Gasteiger charge is 2.03. The molecule has 1 aromatic heterocycles. The molecule has 14 heavy (non-hydrogen) atoms. The topological polar surface area (TPSA) is 38.1 Å². The monoisotopic (exact) mass is 188 g/mol. The zero-order chi connectivity index (χ0) is 9.97. The fourth-order valence-corrected chi connectivity index (χ4v) is 1.45. The van der Waals surface area contributed by atoms with Crippen molar-refractivity contribution in [1.29, 1.82) is 0 Å². The third-order valence-electron chi connectivity index (χ3n) is 2.10. The van der Waals surface area contributed by atoms with Crippen LogP contribution >= 0.6 is 0 Å². The number of aliphatic hydroxyl groups excluding tert-OH is 1. The van der Waals surface area contributed by atoms with Crippen LogP contribution in [0.3, 0.4) is 0 Å². The van der Waals surface area contributed by atoms with E-state index >= 15 is 0 Å². The Hall–Kier alpha value is -1.61. The van der Waals surface area contributed by atoms with E-state index in [0.29, 0.717) is 5.69 Å². The molecule has 3 nitrogen and oxygen atoms in total. The summed E-state index contributed by atoms with van der Waals surface area (Å²) in [4.78, 5) is 0. The lowest BCUT2D eigenvalue weighted by Gasteiger charge is -2.02. The second-order valence-corrected chi connectivity index (χ2v) is 3.18.